The van der Waals surface area contributed by atoms with Crippen molar-refractivity contribution in [1.29, 1.82) is 0 Å². The van der Waals surface area contributed by atoms with Crippen molar-refractivity contribution in [2.24, 2.45) is 5.10 Å². The van der Waals surface area contributed by atoms with Crippen molar-refractivity contribution in [3.8, 4) is 5.75 Å². The molecule has 0 aliphatic heterocycles. The fraction of sp³-hybridized carbons (Fsp3) is 0.0667. The lowest BCUT2D eigenvalue weighted by molar-refractivity contribution is -0.384. The minimum Gasteiger partial charge on any atom is -0.508 e. The maximum atomic E-state index is 11.7. The number of nitrogens with one attached hydrogen (secondary N) is 1. The van der Waals surface area contributed by atoms with E-state index in [4.69, 9.17) is 5.11 Å². The van der Waals surface area contributed by atoms with Crippen LogP contribution in [0.25, 0.3) is 0 Å². The summed E-state index contributed by atoms with van der Waals surface area (Å²) in [7, 11) is 0. The highest BCUT2D eigenvalue weighted by atomic mass is 16.6. The van der Waals surface area contributed by atoms with Gasteiger partial charge in [-0.3, -0.25) is 14.9 Å². The lowest BCUT2D eigenvalue weighted by Crippen LogP contribution is -2.19. The Morgan fingerprint density at radius 3 is 2.41 bits per heavy atom. The largest absolute Gasteiger partial charge is 0.508 e. The highest BCUT2D eigenvalue weighted by molar-refractivity contribution is 5.83. The predicted molar refractivity (Wildman–Crippen MR) is 80.6 cm³/mol. The Bertz CT molecular complexity index is 694. The van der Waals surface area contributed by atoms with Crippen LogP contribution in [-0.4, -0.2) is 22.2 Å². The van der Waals surface area contributed by atoms with E-state index in [-0.39, 0.29) is 23.8 Å². The summed E-state index contributed by atoms with van der Waals surface area (Å²) in [4.78, 5) is 21.7. The van der Waals surface area contributed by atoms with Gasteiger partial charge >= 0.3 is 0 Å². The highest BCUT2D eigenvalue weighted by Gasteiger charge is 2.06. The summed E-state index contributed by atoms with van der Waals surface area (Å²) in [5.41, 5.74) is 3.73. The fourth-order valence-electron chi connectivity index (χ4n) is 1.70. The summed E-state index contributed by atoms with van der Waals surface area (Å²) in [5, 5.41) is 23.5. The van der Waals surface area contributed by atoms with Gasteiger partial charge in [-0.05, 0) is 35.4 Å². The van der Waals surface area contributed by atoms with E-state index in [1.54, 1.807) is 12.1 Å². The molecule has 7 nitrogen and oxygen atoms in total. The van der Waals surface area contributed by atoms with Gasteiger partial charge in [-0.15, -0.1) is 0 Å². The number of phenolic OH excluding ortho intramolecular Hbond substituents is 1. The molecule has 0 radical (unpaired) electrons. The van der Waals surface area contributed by atoms with Gasteiger partial charge in [0.15, 0.2) is 0 Å². The third-order valence-electron chi connectivity index (χ3n) is 2.81. The Morgan fingerprint density at radius 2 is 1.82 bits per heavy atom. The Hall–Kier alpha value is -3.22. The summed E-state index contributed by atoms with van der Waals surface area (Å²) in [5.74, 6) is -0.178. The van der Waals surface area contributed by atoms with E-state index in [1.807, 2.05) is 0 Å². The van der Waals surface area contributed by atoms with E-state index in [0.717, 1.165) is 5.56 Å². The standard InChI is InChI=1S/C15H13N3O4/c19-14-7-3-12(4-8-14)10-16-17-15(20)9-11-1-5-13(6-2-11)18(21)22/h1-8,10,19H,9H2,(H,17,20)/b16-10-. The summed E-state index contributed by atoms with van der Waals surface area (Å²) in [6.45, 7) is 0. The molecule has 0 spiro atoms. The average Bonchev–Trinajstić information content (AvgIpc) is 2.50. The number of phenols is 1. The molecule has 2 aromatic rings. The number of non-ortho nitro benzene ring substituents is 1. The van der Waals surface area contributed by atoms with E-state index in [2.05, 4.69) is 10.5 Å². The molecule has 0 fully saturated rings. The van der Waals surface area contributed by atoms with Gasteiger partial charge in [0.05, 0.1) is 17.6 Å². The van der Waals surface area contributed by atoms with Gasteiger partial charge < -0.3 is 5.11 Å². The van der Waals surface area contributed by atoms with Crippen LogP contribution in [0.2, 0.25) is 0 Å². The Kier molecular flexibility index (Phi) is 4.81. The zero-order valence-electron chi connectivity index (χ0n) is 11.5. The molecule has 2 rings (SSSR count). The number of aromatic hydroxyl groups is 1. The number of carbonyl (C=O) groups is 1. The van der Waals surface area contributed by atoms with Crippen molar-refractivity contribution in [2.45, 2.75) is 6.42 Å². The topological polar surface area (TPSA) is 105 Å². The van der Waals surface area contributed by atoms with Gasteiger partial charge in [-0.25, -0.2) is 5.43 Å². The number of nitro benzene ring substituents is 1. The SMILES string of the molecule is O=C(Cc1ccc([N+](=O)[O-])cc1)N/N=C\c1ccc(O)cc1. The molecular formula is C15H13N3O4. The van der Waals surface area contributed by atoms with Crippen LogP contribution in [0.15, 0.2) is 53.6 Å². The third kappa shape index (κ3) is 4.41. The first kappa shape index (κ1) is 15.2. The molecule has 0 aliphatic rings. The molecular weight excluding hydrogens is 286 g/mol. The van der Waals surface area contributed by atoms with Crippen molar-refractivity contribution >= 4 is 17.8 Å². The minimum atomic E-state index is -0.494. The van der Waals surface area contributed by atoms with Gasteiger partial charge in [0, 0.05) is 12.1 Å². The first-order valence-corrected chi connectivity index (χ1v) is 6.39. The van der Waals surface area contributed by atoms with Crippen LogP contribution in [0, 0.1) is 10.1 Å². The molecule has 112 valence electrons. The molecule has 0 heterocycles. The molecule has 0 bridgehead atoms. The summed E-state index contributed by atoms with van der Waals surface area (Å²) >= 11 is 0. The quantitative estimate of drug-likeness (QED) is 0.500. The second kappa shape index (κ2) is 6.98. The second-order valence-corrected chi connectivity index (χ2v) is 4.49. The lowest BCUT2D eigenvalue weighted by Gasteiger charge is -2.00. The van der Waals surface area contributed by atoms with Crippen molar-refractivity contribution < 1.29 is 14.8 Å². The summed E-state index contributed by atoms with van der Waals surface area (Å²) < 4.78 is 0. The van der Waals surface area contributed by atoms with Gasteiger partial charge in [0.1, 0.15) is 5.75 Å². The molecule has 0 unspecified atom stereocenters. The van der Waals surface area contributed by atoms with E-state index in [9.17, 15) is 14.9 Å². The van der Waals surface area contributed by atoms with Crippen LogP contribution in [0.5, 0.6) is 5.75 Å². The fourth-order valence-corrected chi connectivity index (χ4v) is 1.70. The van der Waals surface area contributed by atoms with Crippen LogP contribution in [0.4, 0.5) is 5.69 Å². The minimum absolute atomic E-state index is 0.0190. The second-order valence-electron chi connectivity index (χ2n) is 4.49. The van der Waals surface area contributed by atoms with E-state index in [1.165, 1.54) is 42.6 Å². The zero-order chi connectivity index (χ0) is 15.9. The molecule has 22 heavy (non-hydrogen) atoms. The van der Waals surface area contributed by atoms with Crippen LogP contribution < -0.4 is 5.43 Å². The lowest BCUT2D eigenvalue weighted by atomic mass is 10.1. The van der Waals surface area contributed by atoms with Gasteiger partial charge in [-0.1, -0.05) is 12.1 Å². The maximum Gasteiger partial charge on any atom is 0.269 e. The van der Waals surface area contributed by atoms with Crippen LogP contribution in [0.1, 0.15) is 11.1 Å². The predicted octanol–water partition coefficient (Wildman–Crippen LogP) is 1.99. The summed E-state index contributed by atoms with van der Waals surface area (Å²) in [6, 6.07) is 12.1. The first-order chi connectivity index (χ1) is 10.5. The molecule has 0 aromatic heterocycles. The number of carbonyl (C=O) groups excluding carboxylic acids is 1. The smallest absolute Gasteiger partial charge is 0.269 e. The normalized spacial score (nSPS) is 10.5. The molecule has 7 heteroatoms. The zero-order valence-corrected chi connectivity index (χ0v) is 11.5. The molecule has 0 aliphatic carbocycles. The number of nitro groups is 1. The van der Waals surface area contributed by atoms with Crippen LogP contribution in [0.3, 0.4) is 0 Å². The van der Waals surface area contributed by atoms with Crippen LogP contribution >= 0.6 is 0 Å². The Morgan fingerprint density at radius 1 is 1.18 bits per heavy atom. The van der Waals surface area contributed by atoms with Gasteiger partial charge in [0.25, 0.3) is 5.69 Å². The first-order valence-electron chi connectivity index (χ1n) is 6.39. The number of amides is 1. The number of hydrogen-bond donors (Lipinski definition) is 2. The summed E-state index contributed by atoms with van der Waals surface area (Å²) in [6.07, 6.45) is 1.53. The van der Waals surface area contributed by atoms with Crippen molar-refractivity contribution in [1.82, 2.24) is 5.43 Å². The van der Waals surface area contributed by atoms with Gasteiger partial charge in [0.2, 0.25) is 5.91 Å². The molecule has 0 saturated heterocycles. The monoisotopic (exact) mass is 299 g/mol. The third-order valence-corrected chi connectivity index (χ3v) is 2.81. The Balaban J connectivity index is 1.87. The molecule has 1 amide bonds. The number of benzene rings is 2. The van der Waals surface area contributed by atoms with Gasteiger partial charge in [-0.2, -0.15) is 5.10 Å². The van der Waals surface area contributed by atoms with E-state index < -0.39 is 4.92 Å². The number of rotatable bonds is 5. The number of hydrazone groups is 1. The maximum absolute atomic E-state index is 11.7. The van der Waals surface area contributed by atoms with E-state index >= 15 is 0 Å². The van der Waals surface area contributed by atoms with E-state index in [0.29, 0.717) is 5.56 Å². The number of hydrogen-bond acceptors (Lipinski definition) is 5. The molecule has 0 saturated carbocycles. The molecule has 0 atom stereocenters. The molecule has 2 aromatic carbocycles. The molecule has 2 N–H and O–H groups in total. The van der Waals surface area contributed by atoms with Crippen LogP contribution in [-0.2, 0) is 11.2 Å². The average molecular weight is 299 g/mol. The van der Waals surface area contributed by atoms with Crippen molar-refractivity contribution in [2.75, 3.05) is 0 Å². The van der Waals surface area contributed by atoms with Crippen molar-refractivity contribution in [3.05, 3.63) is 69.8 Å². The Labute approximate surface area is 126 Å². The highest BCUT2D eigenvalue weighted by Crippen LogP contribution is 2.12. The number of nitrogens with zero attached hydrogens (tertiary/aromatic N) is 2. The van der Waals surface area contributed by atoms with Crippen molar-refractivity contribution in [3.63, 3.8) is 0 Å².